The first kappa shape index (κ1) is 17.0. The van der Waals surface area contributed by atoms with Crippen LogP contribution in [0.4, 0.5) is 0 Å². The van der Waals surface area contributed by atoms with Gasteiger partial charge in [0.15, 0.2) is 0 Å². The fourth-order valence-electron chi connectivity index (χ4n) is 4.59. The van der Waals surface area contributed by atoms with Crippen molar-refractivity contribution in [2.24, 2.45) is 23.2 Å². The van der Waals surface area contributed by atoms with Crippen molar-refractivity contribution in [2.45, 2.75) is 85.5 Å². The Morgan fingerprint density at radius 1 is 1.16 bits per heavy atom. The predicted molar refractivity (Wildman–Crippen MR) is 84.2 cm³/mol. The van der Waals surface area contributed by atoms with E-state index in [4.69, 9.17) is 5.11 Å². The van der Waals surface area contributed by atoms with Crippen LogP contribution in [0.25, 0.3) is 0 Å². The zero-order valence-electron chi connectivity index (χ0n) is 13.8. The summed E-state index contributed by atoms with van der Waals surface area (Å²) in [6.07, 6.45) is 12.1. The third-order valence-electron chi connectivity index (χ3n) is 6.13. The van der Waals surface area contributed by atoms with Crippen LogP contribution in [0.1, 0.15) is 85.5 Å². The highest BCUT2D eigenvalue weighted by atomic mass is 16.3. The molecule has 0 spiro atoms. The van der Waals surface area contributed by atoms with Gasteiger partial charge in [-0.1, -0.05) is 66.2 Å². The van der Waals surface area contributed by atoms with Crippen molar-refractivity contribution >= 4 is 0 Å². The van der Waals surface area contributed by atoms with Gasteiger partial charge in [0.1, 0.15) is 0 Å². The minimum Gasteiger partial charge on any atom is -0.396 e. The second-order valence-corrected chi connectivity index (χ2v) is 6.93. The maximum atomic E-state index is 9.07. The molecule has 0 radical (unpaired) electrons. The van der Waals surface area contributed by atoms with E-state index < -0.39 is 0 Å². The van der Waals surface area contributed by atoms with Crippen molar-refractivity contribution in [2.75, 3.05) is 6.61 Å². The first-order valence-corrected chi connectivity index (χ1v) is 8.74. The maximum Gasteiger partial charge on any atom is 0.0433 e. The molecule has 0 bridgehead atoms. The molecule has 1 N–H and O–H groups in total. The fraction of sp³-hybridized carbons (Fsp3) is 1.00. The van der Waals surface area contributed by atoms with Crippen molar-refractivity contribution in [1.82, 2.24) is 0 Å². The van der Waals surface area contributed by atoms with Crippen LogP contribution in [-0.2, 0) is 0 Å². The number of hydrogen-bond donors (Lipinski definition) is 1. The second-order valence-electron chi connectivity index (χ2n) is 6.93. The lowest BCUT2D eigenvalue weighted by molar-refractivity contribution is 0.0197. The number of hydrogen-bond acceptors (Lipinski definition) is 1. The molecule has 114 valence electrons. The van der Waals surface area contributed by atoms with Gasteiger partial charge in [-0.25, -0.2) is 0 Å². The zero-order valence-corrected chi connectivity index (χ0v) is 13.8. The zero-order chi connectivity index (χ0) is 14.3. The summed E-state index contributed by atoms with van der Waals surface area (Å²) in [6, 6.07) is 0. The van der Waals surface area contributed by atoms with Crippen LogP contribution in [-0.4, -0.2) is 11.7 Å². The van der Waals surface area contributed by atoms with Crippen LogP contribution in [0.5, 0.6) is 0 Å². The highest BCUT2D eigenvalue weighted by Crippen LogP contribution is 2.52. The summed E-state index contributed by atoms with van der Waals surface area (Å²) < 4.78 is 0. The van der Waals surface area contributed by atoms with Crippen LogP contribution in [0.3, 0.4) is 0 Å². The fourth-order valence-corrected chi connectivity index (χ4v) is 4.59. The Kier molecular flexibility index (Phi) is 7.42. The molecule has 1 fully saturated rings. The lowest BCUT2D eigenvalue weighted by Crippen LogP contribution is -2.38. The number of aliphatic hydroxyl groups is 1. The molecule has 1 saturated carbocycles. The lowest BCUT2D eigenvalue weighted by Gasteiger charge is -2.48. The second kappa shape index (κ2) is 8.29. The maximum absolute atomic E-state index is 9.07. The van der Waals surface area contributed by atoms with Crippen molar-refractivity contribution < 1.29 is 5.11 Å². The molecular formula is C18H36O. The van der Waals surface area contributed by atoms with E-state index in [1.54, 1.807) is 0 Å². The standard InChI is InChI=1S/C18H36O/c1-5-16-9-8-13-18(6-2,7-3)17(16)11-10-15(4)12-14-19/h15-17,19H,5-14H2,1-4H3. The van der Waals surface area contributed by atoms with Crippen LogP contribution in [0.15, 0.2) is 0 Å². The van der Waals surface area contributed by atoms with Gasteiger partial charge < -0.3 is 5.11 Å². The molecule has 1 aliphatic rings. The van der Waals surface area contributed by atoms with Gasteiger partial charge in [-0.3, -0.25) is 0 Å². The Morgan fingerprint density at radius 3 is 2.37 bits per heavy atom. The Hall–Kier alpha value is -0.0400. The predicted octanol–water partition coefficient (Wildman–Crippen LogP) is 5.42. The van der Waals surface area contributed by atoms with Crippen molar-refractivity contribution in [1.29, 1.82) is 0 Å². The molecule has 1 heteroatoms. The SMILES string of the molecule is CCC1CCCC(CC)(CC)C1CCC(C)CCO. The van der Waals surface area contributed by atoms with Gasteiger partial charge >= 0.3 is 0 Å². The third-order valence-corrected chi connectivity index (χ3v) is 6.13. The summed E-state index contributed by atoms with van der Waals surface area (Å²) >= 11 is 0. The molecule has 3 unspecified atom stereocenters. The first-order chi connectivity index (χ1) is 9.13. The smallest absolute Gasteiger partial charge is 0.0433 e. The molecule has 0 heterocycles. The van der Waals surface area contributed by atoms with Crippen molar-refractivity contribution in [3.05, 3.63) is 0 Å². The van der Waals surface area contributed by atoms with Crippen molar-refractivity contribution in [3.8, 4) is 0 Å². The quantitative estimate of drug-likeness (QED) is 0.623. The molecular weight excluding hydrogens is 232 g/mol. The molecule has 3 atom stereocenters. The van der Waals surface area contributed by atoms with E-state index in [9.17, 15) is 0 Å². The molecule has 0 aromatic carbocycles. The lowest BCUT2D eigenvalue weighted by atomic mass is 9.57. The summed E-state index contributed by atoms with van der Waals surface area (Å²) in [5.41, 5.74) is 0.623. The summed E-state index contributed by atoms with van der Waals surface area (Å²) in [6.45, 7) is 9.86. The largest absolute Gasteiger partial charge is 0.396 e. The Morgan fingerprint density at radius 2 is 1.84 bits per heavy atom. The van der Waals surface area contributed by atoms with Gasteiger partial charge in [0.25, 0.3) is 0 Å². The van der Waals surface area contributed by atoms with Gasteiger partial charge in [0, 0.05) is 6.61 Å². The van der Waals surface area contributed by atoms with E-state index >= 15 is 0 Å². The minimum atomic E-state index is 0.357. The summed E-state index contributed by atoms with van der Waals surface area (Å²) in [4.78, 5) is 0. The minimum absolute atomic E-state index is 0.357. The third kappa shape index (κ3) is 4.21. The van der Waals surface area contributed by atoms with Crippen molar-refractivity contribution in [3.63, 3.8) is 0 Å². The molecule has 19 heavy (non-hydrogen) atoms. The Labute approximate surface area is 121 Å². The van der Waals surface area contributed by atoms with Gasteiger partial charge in [0.2, 0.25) is 0 Å². The molecule has 1 nitrogen and oxygen atoms in total. The molecule has 0 aliphatic heterocycles. The topological polar surface area (TPSA) is 20.2 Å². The average molecular weight is 268 g/mol. The van der Waals surface area contributed by atoms with Gasteiger partial charge in [-0.2, -0.15) is 0 Å². The Bertz CT molecular complexity index is 232. The Balaban J connectivity index is 2.69. The van der Waals surface area contributed by atoms with E-state index in [0.717, 1.165) is 18.3 Å². The van der Waals surface area contributed by atoms with Crippen LogP contribution in [0, 0.1) is 23.2 Å². The van der Waals surface area contributed by atoms with Gasteiger partial charge in [0.05, 0.1) is 0 Å². The highest BCUT2D eigenvalue weighted by Gasteiger charge is 2.41. The molecule has 0 amide bonds. The number of rotatable bonds is 8. The van der Waals surface area contributed by atoms with E-state index in [0.29, 0.717) is 17.9 Å². The molecule has 1 aliphatic carbocycles. The van der Waals surface area contributed by atoms with E-state index in [-0.39, 0.29) is 0 Å². The molecule has 0 saturated heterocycles. The van der Waals surface area contributed by atoms with Crippen LogP contribution in [0.2, 0.25) is 0 Å². The summed E-state index contributed by atoms with van der Waals surface area (Å²) in [5, 5.41) is 9.07. The monoisotopic (exact) mass is 268 g/mol. The highest BCUT2D eigenvalue weighted by molar-refractivity contribution is 4.92. The van der Waals surface area contributed by atoms with Crippen LogP contribution >= 0.6 is 0 Å². The molecule has 1 rings (SSSR count). The van der Waals surface area contributed by atoms with Gasteiger partial charge in [-0.05, 0) is 42.4 Å². The normalized spacial score (nSPS) is 28.3. The first-order valence-electron chi connectivity index (χ1n) is 8.74. The van der Waals surface area contributed by atoms with E-state index in [1.165, 1.54) is 51.4 Å². The summed E-state index contributed by atoms with van der Waals surface area (Å²) in [5.74, 6) is 2.58. The summed E-state index contributed by atoms with van der Waals surface area (Å²) in [7, 11) is 0. The van der Waals surface area contributed by atoms with Crippen LogP contribution < -0.4 is 0 Å². The average Bonchev–Trinajstić information content (AvgIpc) is 2.44. The van der Waals surface area contributed by atoms with Gasteiger partial charge in [-0.15, -0.1) is 0 Å². The van der Waals surface area contributed by atoms with E-state index in [1.807, 2.05) is 0 Å². The molecule has 0 aromatic heterocycles. The molecule has 0 aromatic rings. The number of aliphatic hydroxyl groups excluding tert-OH is 1. The van der Waals surface area contributed by atoms with E-state index in [2.05, 4.69) is 27.7 Å².